The third-order valence-electron chi connectivity index (χ3n) is 3.42. The van der Waals surface area contributed by atoms with Gasteiger partial charge in [0.1, 0.15) is 11.3 Å². The van der Waals surface area contributed by atoms with Crippen LogP contribution in [0.5, 0.6) is 0 Å². The second kappa shape index (κ2) is 7.00. The molecular formula is C17H17N5O3. The van der Waals surface area contributed by atoms with E-state index in [1.807, 2.05) is 31.2 Å². The molecule has 0 aliphatic heterocycles. The third-order valence-corrected chi connectivity index (χ3v) is 3.42. The first kappa shape index (κ1) is 16.4. The summed E-state index contributed by atoms with van der Waals surface area (Å²) in [6, 6.07) is 9.27. The normalized spacial score (nSPS) is 10.5. The summed E-state index contributed by atoms with van der Waals surface area (Å²) in [4.78, 5) is 24.2. The minimum Gasteiger partial charge on any atom is -0.469 e. The van der Waals surface area contributed by atoms with Crippen LogP contribution in [0.2, 0.25) is 0 Å². The number of hydrogen-bond donors (Lipinski definition) is 2. The number of nitrogens with two attached hydrogens (primary N) is 1. The standard InChI is InChI=1S/C17H17N5O3/c1-10-3-5-12(6-4-10)19-17-21-14(20-16(18)22-17)9-25-15(23)13-7-8-24-11(13)2/h3-8H,9H2,1-2H3,(H3,18,19,20,21,22). The number of hydrogen-bond acceptors (Lipinski definition) is 8. The van der Waals surface area contributed by atoms with Crippen LogP contribution in [0.25, 0.3) is 0 Å². The topological polar surface area (TPSA) is 116 Å². The first-order valence-corrected chi connectivity index (χ1v) is 7.56. The second-order valence-electron chi connectivity index (χ2n) is 5.39. The lowest BCUT2D eigenvalue weighted by Gasteiger charge is -2.08. The Kier molecular flexibility index (Phi) is 4.60. The number of rotatable bonds is 5. The highest BCUT2D eigenvalue weighted by Gasteiger charge is 2.14. The first-order valence-electron chi connectivity index (χ1n) is 7.56. The number of aromatic nitrogens is 3. The molecule has 128 valence electrons. The van der Waals surface area contributed by atoms with Gasteiger partial charge in [-0.2, -0.15) is 15.0 Å². The molecular weight excluding hydrogens is 322 g/mol. The number of esters is 1. The van der Waals surface area contributed by atoms with Gasteiger partial charge in [-0.3, -0.25) is 0 Å². The van der Waals surface area contributed by atoms with Crippen molar-refractivity contribution in [3.05, 3.63) is 59.3 Å². The number of furan rings is 1. The van der Waals surface area contributed by atoms with Crippen molar-refractivity contribution >= 4 is 23.6 Å². The maximum Gasteiger partial charge on any atom is 0.342 e. The predicted molar refractivity (Wildman–Crippen MR) is 91.3 cm³/mol. The van der Waals surface area contributed by atoms with E-state index in [0.29, 0.717) is 11.3 Å². The van der Waals surface area contributed by atoms with E-state index in [9.17, 15) is 4.79 Å². The molecule has 0 atom stereocenters. The number of nitrogens with one attached hydrogen (secondary N) is 1. The lowest BCUT2D eigenvalue weighted by atomic mass is 10.2. The fraction of sp³-hybridized carbons (Fsp3) is 0.176. The zero-order chi connectivity index (χ0) is 17.8. The predicted octanol–water partition coefficient (Wildman–Crippen LogP) is 2.76. The van der Waals surface area contributed by atoms with Crippen LogP contribution >= 0.6 is 0 Å². The van der Waals surface area contributed by atoms with Gasteiger partial charge in [0, 0.05) is 5.69 Å². The van der Waals surface area contributed by atoms with Crippen LogP contribution in [0.4, 0.5) is 17.6 Å². The number of nitrogens with zero attached hydrogens (tertiary/aromatic N) is 3. The van der Waals surface area contributed by atoms with E-state index >= 15 is 0 Å². The Labute approximate surface area is 144 Å². The quantitative estimate of drug-likeness (QED) is 0.682. The Morgan fingerprint density at radius 2 is 1.92 bits per heavy atom. The molecule has 0 amide bonds. The number of benzene rings is 1. The summed E-state index contributed by atoms with van der Waals surface area (Å²) in [5, 5.41) is 3.04. The molecule has 8 nitrogen and oxygen atoms in total. The van der Waals surface area contributed by atoms with Gasteiger partial charge >= 0.3 is 5.97 Å². The first-order chi connectivity index (χ1) is 12.0. The van der Waals surface area contributed by atoms with Crippen molar-refractivity contribution in [2.24, 2.45) is 0 Å². The number of carbonyl (C=O) groups is 1. The molecule has 3 aromatic rings. The van der Waals surface area contributed by atoms with E-state index in [1.54, 1.807) is 13.0 Å². The highest BCUT2D eigenvalue weighted by atomic mass is 16.5. The highest BCUT2D eigenvalue weighted by Crippen LogP contribution is 2.15. The largest absolute Gasteiger partial charge is 0.469 e. The van der Waals surface area contributed by atoms with Crippen molar-refractivity contribution in [3.63, 3.8) is 0 Å². The molecule has 0 aliphatic rings. The maximum atomic E-state index is 12.0. The van der Waals surface area contributed by atoms with Crippen molar-refractivity contribution in [2.45, 2.75) is 20.5 Å². The minimum absolute atomic E-state index is 0.0372. The van der Waals surface area contributed by atoms with Gasteiger partial charge in [-0.1, -0.05) is 17.7 Å². The van der Waals surface area contributed by atoms with Gasteiger partial charge in [0.2, 0.25) is 11.9 Å². The van der Waals surface area contributed by atoms with Crippen LogP contribution in [-0.2, 0) is 11.3 Å². The lowest BCUT2D eigenvalue weighted by Crippen LogP contribution is -2.11. The van der Waals surface area contributed by atoms with Crippen molar-refractivity contribution in [3.8, 4) is 0 Å². The van der Waals surface area contributed by atoms with Gasteiger partial charge in [-0.25, -0.2) is 4.79 Å². The molecule has 0 saturated heterocycles. The van der Waals surface area contributed by atoms with Crippen molar-refractivity contribution in [1.82, 2.24) is 15.0 Å². The SMILES string of the molecule is Cc1ccc(Nc2nc(N)nc(COC(=O)c3ccoc3C)n2)cc1. The lowest BCUT2D eigenvalue weighted by molar-refractivity contribution is 0.0460. The van der Waals surface area contributed by atoms with Crippen molar-refractivity contribution in [2.75, 3.05) is 11.1 Å². The Morgan fingerprint density at radius 1 is 1.16 bits per heavy atom. The molecule has 3 N–H and O–H groups in total. The molecule has 1 aromatic carbocycles. The van der Waals surface area contributed by atoms with Crippen LogP contribution < -0.4 is 11.1 Å². The Morgan fingerprint density at radius 3 is 2.60 bits per heavy atom. The highest BCUT2D eigenvalue weighted by molar-refractivity contribution is 5.90. The number of nitrogen functional groups attached to an aromatic ring is 1. The molecule has 2 heterocycles. The molecule has 0 unspecified atom stereocenters. The van der Waals surface area contributed by atoms with Gasteiger partial charge in [0.25, 0.3) is 0 Å². The average Bonchev–Trinajstić information content (AvgIpc) is 3.00. The fourth-order valence-corrected chi connectivity index (χ4v) is 2.13. The molecule has 0 radical (unpaired) electrons. The number of ether oxygens (including phenoxy) is 1. The van der Waals surface area contributed by atoms with Crippen LogP contribution in [0.15, 0.2) is 41.0 Å². The Bertz CT molecular complexity index is 890. The Balaban J connectivity index is 1.70. The second-order valence-corrected chi connectivity index (χ2v) is 5.39. The summed E-state index contributed by atoms with van der Waals surface area (Å²) < 4.78 is 10.3. The van der Waals surface area contributed by atoms with Gasteiger partial charge in [-0.15, -0.1) is 0 Å². The smallest absolute Gasteiger partial charge is 0.342 e. The van der Waals surface area contributed by atoms with Crippen LogP contribution in [0.1, 0.15) is 27.5 Å². The number of anilines is 3. The number of carbonyl (C=O) groups excluding carboxylic acids is 1. The van der Waals surface area contributed by atoms with E-state index in [-0.39, 0.29) is 24.3 Å². The van der Waals surface area contributed by atoms with E-state index in [1.165, 1.54) is 6.26 Å². The minimum atomic E-state index is -0.515. The summed E-state index contributed by atoms with van der Waals surface area (Å²) in [7, 11) is 0. The van der Waals surface area contributed by atoms with Gasteiger partial charge in [-0.05, 0) is 32.0 Å². The molecule has 2 aromatic heterocycles. The van der Waals surface area contributed by atoms with Crippen LogP contribution in [0.3, 0.4) is 0 Å². The monoisotopic (exact) mass is 339 g/mol. The molecule has 8 heteroatoms. The molecule has 0 saturated carbocycles. The van der Waals surface area contributed by atoms with E-state index < -0.39 is 5.97 Å². The van der Waals surface area contributed by atoms with Gasteiger partial charge in [0.05, 0.1) is 6.26 Å². The molecule has 25 heavy (non-hydrogen) atoms. The van der Waals surface area contributed by atoms with Gasteiger partial charge in [0.15, 0.2) is 12.4 Å². The van der Waals surface area contributed by atoms with Crippen LogP contribution in [0, 0.1) is 13.8 Å². The van der Waals surface area contributed by atoms with Crippen molar-refractivity contribution < 1.29 is 13.9 Å². The summed E-state index contributed by atoms with van der Waals surface area (Å²) >= 11 is 0. The fourth-order valence-electron chi connectivity index (χ4n) is 2.13. The Hall–Kier alpha value is -3.42. The number of aryl methyl sites for hydroxylation is 2. The third kappa shape index (κ3) is 4.11. The van der Waals surface area contributed by atoms with Gasteiger partial charge < -0.3 is 20.2 Å². The molecule has 3 rings (SSSR count). The van der Waals surface area contributed by atoms with E-state index in [4.69, 9.17) is 14.9 Å². The van der Waals surface area contributed by atoms with Crippen molar-refractivity contribution in [1.29, 1.82) is 0 Å². The summed E-state index contributed by atoms with van der Waals surface area (Å²) in [5.41, 5.74) is 8.02. The van der Waals surface area contributed by atoms with E-state index in [0.717, 1.165) is 11.3 Å². The summed E-state index contributed by atoms with van der Waals surface area (Å²) in [6.07, 6.45) is 1.43. The van der Waals surface area contributed by atoms with Crippen LogP contribution in [-0.4, -0.2) is 20.9 Å². The zero-order valence-corrected chi connectivity index (χ0v) is 13.8. The van der Waals surface area contributed by atoms with E-state index in [2.05, 4.69) is 20.3 Å². The summed E-state index contributed by atoms with van der Waals surface area (Å²) in [5.74, 6) is 0.536. The molecule has 0 bridgehead atoms. The maximum absolute atomic E-state index is 12.0. The molecule has 0 spiro atoms. The zero-order valence-electron chi connectivity index (χ0n) is 13.8. The summed E-state index contributed by atoms with van der Waals surface area (Å²) in [6.45, 7) is 3.55. The molecule has 0 aliphatic carbocycles. The molecule has 0 fully saturated rings. The average molecular weight is 339 g/mol.